The van der Waals surface area contributed by atoms with Crippen molar-refractivity contribution in [3.8, 4) is 5.75 Å². The van der Waals surface area contributed by atoms with Crippen molar-refractivity contribution in [2.24, 2.45) is 4.99 Å². The van der Waals surface area contributed by atoms with Crippen LogP contribution in [0.25, 0.3) is 0 Å². The minimum absolute atomic E-state index is 0. The van der Waals surface area contributed by atoms with Gasteiger partial charge < -0.3 is 15.0 Å². The predicted octanol–water partition coefficient (Wildman–Crippen LogP) is 4.22. The zero-order chi connectivity index (χ0) is 19.1. The molecular weight excluding hydrogens is 483 g/mol. The van der Waals surface area contributed by atoms with Crippen LogP contribution in [0.1, 0.15) is 29.3 Å². The average Bonchev–Trinajstić information content (AvgIpc) is 3.40. The van der Waals surface area contributed by atoms with Crippen molar-refractivity contribution in [3.05, 3.63) is 52.2 Å². The van der Waals surface area contributed by atoms with E-state index in [2.05, 4.69) is 50.7 Å². The molecule has 0 saturated carbocycles. The van der Waals surface area contributed by atoms with Gasteiger partial charge in [0.25, 0.3) is 0 Å². The highest BCUT2D eigenvalue weighted by Crippen LogP contribution is 2.28. The number of rotatable bonds is 7. The molecule has 28 heavy (non-hydrogen) atoms. The monoisotopic (exact) mass is 514 g/mol. The third-order valence-corrected chi connectivity index (χ3v) is 6.05. The van der Waals surface area contributed by atoms with Gasteiger partial charge in [-0.25, -0.2) is 0 Å². The molecule has 1 N–H and O–H groups in total. The lowest BCUT2D eigenvalue weighted by Crippen LogP contribution is -2.43. The number of likely N-dealkylation sites (tertiary alicyclic amines) is 1. The van der Waals surface area contributed by atoms with Gasteiger partial charge in [0.05, 0.1) is 13.2 Å². The second-order valence-electron chi connectivity index (χ2n) is 6.87. The molecular formula is C21H31IN4OS. The molecule has 1 aromatic carbocycles. The molecule has 0 bridgehead atoms. The molecule has 1 fully saturated rings. The number of methoxy groups -OCH3 is 1. The molecule has 1 atom stereocenters. The number of guanidine groups is 1. The lowest BCUT2D eigenvalue weighted by atomic mass is 10.2. The molecule has 0 amide bonds. The number of para-hydroxylation sites is 1. The predicted molar refractivity (Wildman–Crippen MR) is 129 cm³/mol. The van der Waals surface area contributed by atoms with Crippen LogP contribution >= 0.6 is 35.3 Å². The highest BCUT2D eigenvalue weighted by Gasteiger charge is 2.24. The van der Waals surface area contributed by atoms with E-state index >= 15 is 0 Å². The van der Waals surface area contributed by atoms with Gasteiger partial charge in [-0.05, 0) is 43.4 Å². The Hall–Kier alpha value is -1.32. The van der Waals surface area contributed by atoms with Crippen molar-refractivity contribution in [2.75, 3.05) is 40.8 Å². The van der Waals surface area contributed by atoms with Gasteiger partial charge in [0.2, 0.25) is 0 Å². The van der Waals surface area contributed by atoms with Gasteiger partial charge >= 0.3 is 0 Å². The Kier molecular flexibility index (Phi) is 9.53. The van der Waals surface area contributed by atoms with Gasteiger partial charge in [0.15, 0.2) is 5.96 Å². The molecule has 154 valence electrons. The van der Waals surface area contributed by atoms with Crippen LogP contribution in [0.2, 0.25) is 0 Å². The number of hydrogen-bond donors (Lipinski definition) is 1. The summed E-state index contributed by atoms with van der Waals surface area (Å²) in [5.41, 5.74) is 1.15. The number of halogens is 1. The summed E-state index contributed by atoms with van der Waals surface area (Å²) >= 11 is 1.84. The van der Waals surface area contributed by atoms with Crippen LogP contribution in [0.4, 0.5) is 0 Å². The highest BCUT2D eigenvalue weighted by atomic mass is 127. The molecule has 7 heteroatoms. The molecule has 1 aromatic heterocycles. The van der Waals surface area contributed by atoms with Gasteiger partial charge in [-0.2, -0.15) is 0 Å². The molecule has 2 aromatic rings. The van der Waals surface area contributed by atoms with E-state index in [4.69, 9.17) is 4.74 Å². The number of ether oxygens (including phenoxy) is 1. The number of aliphatic imine (C=N–C) groups is 1. The summed E-state index contributed by atoms with van der Waals surface area (Å²) in [5.74, 6) is 1.81. The maximum absolute atomic E-state index is 5.48. The quantitative estimate of drug-likeness (QED) is 0.341. The third-order valence-electron chi connectivity index (χ3n) is 5.08. The molecule has 0 aliphatic carbocycles. The fraction of sp³-hybridized carbons (Fsp3) is 0.476. The summed E-state index contributed by atoms with van der Waals surface area (Å²) in [7, 11) is 5.63. The van der Waals surface area contributed by atoms with E-state index < -0.39 is 0 Å². The summed E-state index contributed by atoms with van der Waals surface area (Å²) in [5, 5.41) is 5.76. The van der Waals surface area contributed by atoms with Crippen LogP contribution in [0, 0.1) is 0 Å². The van der Waals surface area contributed by atoms with E-state index in [0.29, 0.717) is 6.04 Å². The van der Waals surface area contributed by atoms with Gasteiger partial charge in [-0.15, -0.1) is 35.3 Å². The van der Waals surface area contributed by atoms with Crippen molar-refractivity contribution in [1.29, 1.82) is 0 Å². The Bertz CT molecular complexity index is 732. The van der Waals surface area contributed by atoms with Crippen LogP contribution in [0.5, 0.6) is 5.75 Å². The van der Waals surface area contributed by atoms with E-state index in [1.54, 1.807) is 7.11 Å². The minimum atomic E-state index is 0. The molecule has 2 heterocycles. The van der Waals surface area contributed by atoms with Gasteiger partial charge in [0, 0.05) is 37.6 Å². The molecule has 1 aliphatic rings. The standard InChI is InChI=1S/C21H30N4OS.HI/c1-22-21(24(2)16-17-9-4-5-10-19(17)26-3)23-15-18(20-11-8-14-27-20)25-12-6-7-13-25;/h4-5,8-11,14,18H,6-7,12-13,15-16H2,1-3H3,(H,22,23);1H. The normalized spacial score (nSPS) is 15.8. The summed E-state index contributed by atoms with van der Waals surface area (Å²) in [6, 6.07) is 12.9. The second-order valence-corrected chi connectivity index (χ2v) is 7.85. The fourth-order valence-corrected chi connectivity index (χ4v) is 4.54. The van der Waals surface area contributed by atoms with Gasteiger partial charge in [-0.3, -0.25) is 9.89 Å². The third kappa shape index (κ3) is 5.84. The lowest BCUT2D eigenvalue weighted by molar-refractivity contribution is 0.247. The van der Waals surface area contributed by atoms with E-state index in [9.17, 15) is 0 Å². The topological polar surface area (TPSA) is 40.1 Å². The second kappa shape index (κ2) is 11.6. The Balaban J connectivity index is 0.00000280. The molecule has 1 saturated heterocycles. The van der Waals surface area contributed by atoms with Crippen molar-refractivity contribution >= 4 is 41.3 Å². The summed E-state index contributed by atoms with van der Waals surface area (Å²) in [6.07, 6.45) is 2.59. The van der Waals surface area contributed by atoms with Crippen LogP contribution in [-0.4, -0.2) is 56.6 Å². The van der Waals surface area contributed by atoms with Gasteiger partial charge in [0.1, 0.15) is 5.75 Å². The molecule has 5 nitrogen and oxygen atoms in total. The molecule has 3 rings (SSSR count). The number of nitrogens with zero attached hydrogens (tertiary/aromatic N) is 3. The Morgan fingerprint density at radius 3 is 2.64 bits per heavy atom. The summed E-state index contributed by atoms with van der Waals surface area (Å²) in [6.45, 7) is 3.97. The van der Waals surface area contributed by atoms with E-state index in [0.717, 1.165) is 30.4 Å². The summed E-state index contributed by atoms with van der Waals surface area (Å²) in [4.78, 5) is 10.7. The van der Waals surface area contributed by atoms with Crippen molar-refractivity contribution in [3.63, 3.8) is 0 Å². The average molecular weight is 514 g/mol. The van der Waals surface area contributed by atoms with E-state index in [1.165, 1.54) is 30.8 Å². The van der Waals surface area contributed by atoms with Crippen molar-refractivity contribution in [2.45, 2.75) is 25.4 Å². The van der Waals surface area contributed by atoms with Gasteiger partial charge in [-0.1, -0.05) is 24.3 Å². The highest BCUT2D eigenvalue weighted by molar-refractivity contribution is 14.0. The molecule has 1 unspecified atom stereocenters. The van der Waals surface area contributed by atoms with Crippen molar-refractivity contribution in [1.82, 2.24) is 15.1 Å². The van der Waals surface area contributed by atoms with E-state index in [-0.39, 0.29) is 24.0 Å². The first-order valence-electron chi connectivity index (χ1n) is 9.54. The van der Waals surface area contributed by atoms with Crippen LogP contribution in [-0.2, 0) is 6.54 Å². The number of thiophene rings is 1. The number of hydrogen-bond acceptors (Lipinski definition) is 4. The van der Waals surface area contributed by atoms with Crippen molar-refractivity contribution < 1.29 is 4.74 Å². The van der Waals surface area contributed by atoms with Crippen LogP contribution < -0.4 is 10.1 Å². The van der Waals surface area contributed by atoms with Crippen LogP contribution in [0.3, 0.4) is 0 Å². The zero-order valence-electron chi connectivity index (χ0n) is 16.9. The Morgan fingerprint density at radius 2 is 2.00 bits per heavy atom. The first-order valence-corrected chi connectivity index (χ1v) is 10.4. The first kappa shape index (κ1) is 23.0. The zero-order valence-corrected chi connectivity index (χ0v) is 20.1. The number of nitrogens with one attached hydrogen (secondary N) is 1. The van der Waals surface area contributed by atoms with Crippen LogP contribution in [0.15, 0.2) is 46.8 Å². The SMILES string of the molecule is CN=C(NCC(c1cccs1)N1CCCC1)N(C)Cc1ccccc1OC.I. The summed E-state index contributed by atoms with van der Waals surface area (Å²) < 4.78 is 5.48. The van der Waals surface area contributed by atoms with E-state index in [1.807, 2.05) is 36.6 Å². The number of benzene rings is 1. The maximum Gasteiger partial charge on any atom is 0.193 e. The smallest absolute Gasteiger partial charge is 0.193 e. The molecule has 0 radical (unpaired) electrons. The fourth-order valence-electron chi connectivity index (χ4n) is 3.68. The largest absolute Gasteiger partial charge is 0.496 e. The Morgan fingerprint density at radius 1 is 1.25 bits per heavy atom. The maximum atomic E-state index is 5.48. The molecule has 1 aliphatic heterocycles. The minimum Gasteiger partial charge on any atom is -0.496 e. The molecule has 0 spiro atoms. The Labute approximate surface area is 189 Å². The lowest BCUT2D eigenvalue weighted by Gasteiger charge is -2.29. The first-order chi connectivity index (χ1) is 13.2.